The first-order valence-corrected chi connectivity index (χ1v) is 8.28. The molecule has 0 radical (unpaired) electrons. The molecular weight excluding hydrogens is 304 g/mol. The molecule has 1 saturated heterocycles. The van der Waals surface area contributed by atoms with Crippen LogP contribution >= 0.6 is 0 Å². The van der Waals surface area contributed by atoms with Crippen molar-refractivity contribution in [2.75, 3.05) is 13.1 Å². The number of rotatable bonds is 3. The summed E-state index contributed by atoms with van der Waals surface area (Å²) in [6.45, 7) is 3.82. The number of aromatic nitrogens is 5. The van der Waals surface area contributed by atoms with E-state index in [0.29, 0.717) is 5.92 Å². The van der Waals surface area contributed by atoms with Gasteiger partial charge >= 0.3 is 0 Å². The van der Waals surface area contributed by atoms with Crippen LogP contribution in [0.5, 0.6) is 0 Å². The van der Waals surface area contributed by atoms with Crippen molar-refractivity contribution in [1.82, 2.24) is 30.1 Å². The van der Waals surface area contributed by atoms with Crippen molar-refractivity contribution >= 4 is 16.9 Å². The monoisotopic (exact) mass is 324 g/mol. The van der Waals surface area contributed by atoms with Crippen molar-refractivity contribution < 1.29 is 4.79 Å². The number of nitrogens with zero attached hydrogens (tertiary/aromatic N) is 5. The first-order chi connectivity index (χ1) is 11.7. The van der Waals surface area contributed by atoms with Crippen molar-refractivity contribution in [2.45, 2.75) is 32.2 Å². The second-order valence-corrected chi connectivity index (χ2v) is 6.38. The van der Waals surface area contributed by atoms with Crippen LogP contribution in [0.3, 0.4) is 0 Å². The maximum absolute atomic E-state index is 12.7. The average molecular weight is 324 g/mol. The number of nitrogens with one attached hydrogen (secondary N) is 1. The molecule has 0 bridgehead atoms. The molecule has 7 heteroatoms. The molecule has 0 unspecified atom stereocenters. The van der Waals surface area contributed by atoms with Crippen LogP contribution in [0.1, 0.15) is 30.0 Å². The summed E-state index contributed by atoms with van der Waals surface area (Å²) < 4.78 is 1.68. The standard InChI is InChI=1S/C17H20N6O/c1-12-9-18-20-17(12)13-5-4-8-22(10-13)16(24)11-23-15-7-3-2-6-14(15)19-21-23/h2-3,6-7,9,13H,4-5,8,10-11H2,1H3,(H,18,20)/t13-/m0/s1. The van der Waals surface area contributed by atoms with Gasteiger partial charge in [0.2, 0.25) is 5.91 Å². The highest BCUT2D eigenvalue weighted by atomic mass is 16.2. The van der Waals surface area contributed by atoms with Crippen molar-refractivity contribution in [1.29, 1.82) is 0 Å². The van der Waals surface area contributed by atoms with Crippen LogP contribution in [0.25, 0.3) is 11.0 Å². The molecule has 0 spiro atoms. The van der Waals surface area contributed by atoms with E-state index in [1.165, 1.54) is 0 Å². The van der Waals surface area contributed by atoms with Gasteiger partial charge in [0.05, 0.1) is 11.7 Å². The number of aryl methyl sites for hydroxylation is 1. The smallest absolute Gasteiger partial charge is 0.244 e. The maximum Gasteiger partial charge on any atom is 0.244 e. The van der Waals surface area contributed by atoms with Crippen molar-refractivity contribution in [3.8, 4) is 0 Å². The molecule has 3 aromatic rings. The van der Waals surface area contributed by atoms with Gasteiger partial charge in [-0.1, -0.05) is 17.3 Å². The minimum atomic E-state index is 0.0903. The highest BCUT2D eigenvalue weighted by Gasteiger charge is 2.27. The van der Waals surface area contributed by atoms with Crippen molar-refractivity contribution in [2.24, 2.45) is 0 Å². The highest BCUT2D eigenvalue weighted by molar-refractivity contribution is 5.80. The number of piperidine rings is 1. The molecule has 3 heterocycles. The fraction of sp³-hybridized carbons (Fsp3) is 0.412. The Bertz CT molecular complexity index is 867. The predicted octanol–water partition coefficient (Wildman–Crippen LogP) is 1.87. The summed E-state index contributed by atoms with van der Waals surface area (Å²) in [7, 11) is 0. The lowest BCUT2D eigenvalue weighted by Crippen LogP contribution is -2.41. The van der Waals surface area contributed by atoms with Crippen LogP contribution in [0.4, 0.5) is 0 Å². The van der Waals surface area contributed by atoms with Gasteiger partial charge in [0.15, 0.2) is 0 Å². The number of hydrogen-bond acceptors (Lipinski definition) is 4. The lowest BCUT2D eigenvalue weighted by Gasteiger charge is -2.32. The third-order valence-corrected chi connectivity index (χ3v) is 4.76. The van der Waals surface area contributed by atoms with Crippen LogP contribution in [0, 0.1) is 6.92 Å². The van der Waals surface area contributed by atoms with E-state index in [1.807, 2.05) is 35.4 Å². The normalized spacial score (nSPS) is 18.2. The first kappa shape index (κ1) is 14.9. The zero-order chi connectivity index (χ0) is 16.5. The molecule has 4 rings (SSSR count). The van der Waals surface area contributed by atoms with Crippen LogP contribution in [-0.2, 0) is 11.3 Å². The third-order valence-electron chi connectivity index (χ3n) is 4.76. The average Bonchev–Trinajstić information content (AvgIpc) is 3.22. The molecule has 2 aromatic heterocycles. The molecule has 24 heavy (non-hydrogen) atoms. The van der Waals surface area contributed by atoms with E-state index in [0.717, 1.165) is 48.2 Å². The van der Waals surface area contributed by atoms with Gasteiger partial charge in [0.25, 0.3) is 0 Å². The minimum absolute atomic E-state index is 0.0903. The van der Waals surface area contributed by atoms with Crippen molar-refractivity contribution in [3.63, 3.8) is 0 Å². The highest BCUT2D eigenvalue weighted by Crippen LogP contribution is 2.27. The van der Waals surface area contributed by atoms with Gasteiger partial charge in [-0.25, -0.2) is 4.68 Å². The van der Waals surface area contributed by atoms with E-state index in [-0.39, 0.29) is 12.5 Å². The number of amides is 1. The fourth-order valence-corrected chi connectivity index (χ4v) is 3.47. The van der Waals surface area contributed by atoms with Crippen LogP contribution < -0.4 is 0 Å². The van der Waals surface area contributed by atoms with E-state index in [2.05, 4.69) is 27.4 Å². The SMILES string of the molecule is Cc1cn[nH]c1[C@H]1CCCN(C(=O)Cn2nnc3ccccc32)C1. The summed E-state index contributed by atoms with van der Waals surface area (Å²) in [5.41, 5.74) is 4.02. The molecule has 1 atom stereocenters. The number of H-pyrrole nitrogens is 1. The topological polar surface area (TPSA) is 79.7 Å². The van der Waals surface area contributed by atoms with Gasteiger partial charge < -0.3 is 4.90 Å². The number of carbonyl (C=O) groups excluding carboxylic acids is 1. The molecule has 7 nitrogen and oxygen atoms in total. The Labute approximate surface area is 139 Å². The summed E-state index contributed by atoms with van der Waals surface area (Å²) >= 11 is 0. The van der Waals surface area contributed by atoms with Gasteiger partial charge in [-0.3, -0.25) is 9.89 Å². The van der Waals surface area contributed by atoms with Gasteiger partial charge in [-0.05, 0) is 37.5 Å². The zero-order valence-corrected chi connectivity index (χ0v) is 13.6. The Balaban J connectivity index is 1.49. The molecule has 1 fully saturated rings. The van der Waals surface area contributed by atoms with Crippen molar-refractivity contribution in [3.05, 3.63) is 41.7 Å². The van der Waals surface area contributed by atoms with E-state index in [4.69, 9.17) is 0 Å². The third kappa shape index (κ3) is 2.66. The maximum atomic E-state index is 12.7. The van der Waals surface area contributed by atoms with Gasteiger partial charge in [0, 0.05) is 24.7 Å². The lowest BCUT2D eigenvalue weighted by atomic mass is 9.93. The summed E-state index contributed by atoms with van der Waals surface area (Å²) in [4.78, 5) is 14.7. The number of benzene rings is 1. The van der Waals surface area contributed by atoms with Crippen LogP contribution in [0.15, 0.2) is 30.5 Å². The van der Waals surface area contributed by atoms with Crippen LogP contribution in [0.2, 0.25) is 0 Å². The molecule has 1 aromatic carbocycles. The quantitative estimate of drug-likeness (QED) is 0.797. The Morgan fingerprint density at radius 3 is 3.08 bits per heavy atom. The van der Waals surface area contributed by atoms with E-state index in [9.17, 15) is 4.79 Å². The second-order valence-electron chi connectivity index (χ2n) is 6.38. The summed E-state index contributed by atoms with van der Waals surface area (Å²) in [6.07, 6.45) is 3.93. The van der Waals surface area contributed by atoms with Gasteiger partial charge in [0.1, 0.15) is 12.1 Å². The Morgan fingerprint density at radius 2 is 2.25 bits per heavy atom. The largest absolute Gasteiger partial charge is 0.340 e. The summed E-state index contributed by atoms with van der Waals surface area (Å²) in [5.74, 6) is 0.421. The molecule has 1 aliphatic rings. The number of fused-ring (bicyclic) bond motifs is 1. The van der Waals surface area contributed by atoms with Gasteiger partial charge in [-0.15, -0.1) is 5.10 Å². The van der Waals surface area contributed by atoms with E-state index >= 15 is 0 Å². The molecule has 0 saturated carbocycles. The molecule has 124 valence electrons. The van der Waals surface area contributed by atoms with E-state index < -0.39 is 0 Å². The number of aromatic amines is 1. The minimum Gasteiger partial charge on any atom is -0.340 e. The van der Waals surface area contributed by atoms with Gasteiger partial charge in [-0.2, -0.15) is 5.10 Å². The summed E-state index contributed by atoms with van der Waals surface area (Å²) in [5, 5.41) is 15.4. The molecule has 0 aliphatic carbocycles. The number of para-hydroxylation sites is 1. The second kappa shape index (κ2) is 6.07. The number of hydrogen-bond donors (Lipinski definition) is 1. The first-order valence-electron chi connectivity index (χ1n) is 8.28. The van der Waals surface area contributed by atoms with Crippen LogP contribution in [-0.4, -0.2) is 49.1 Å². The lowest BCUT2D eigenvalue weighted by molar-refractivity contribution is -0.133. The molecular formula is C17H20N6O. The Morgan fingerprint density at radius 1 is 1.38 bits per heavy atom. The molecule has 1 amide bonds. The van der Waals surface area contributed by atoms with E-state index in [1.54, 1.807) is 4.68 Å². The Hall–Kier alpha value is -2.70. The molecule has 1 aliphatic heterocycles. The number of likely N-dealkylation sites (tertiary alicyclic amines) is 1. The molecule has 1 N–H and O–H groups in total. The Kier molecular flexibility index (Phi) is 3.76. The fourth-order valence-electron chi connectivity index (χ4n) is 3.47. The summed E-state index contributed by atoms with van der Waals surface area (Å²) in [6, 6.07) is 7.70. The zero-order valence-electron chi connectivity index (χ0n) is 13.6. The predicted molar refractivity (Wildman–Crippen MR) is 89.4 cm³/mol. The number of carbonyl (C=O) groups is 1.